The third-order valence-electron chi connectivity index (χ3n) is 2.55. The number of rotatable bonds is 5. The Kier molecular flexibility index (Phi) is 6.64. The highest BCUT2D eigenvalue weighted by atomic mass is 16.5. The SMILES string of the molecule is CCCCCC#Cc1ccccc1C(=O)OCC. The minimum absolute atomic E-state index is 0.295. The molecule has 0 N–H and O–H groups in total. The van der Waals surface area contributed by atoms with Gasteiger partial charge in [0, 0.05) is 12.0 Å². The molecule has 0 amide bonds. The zero-order valence-electron chi connectivity index (χ0n) is 11.2. The molecule has 0 saturated heterocycles. The molecule has 18 heavy (non-hydrogen) atoms. The number of esters is 1. The van der Waals surface area contributed by atoms with Gasteiger partial charge >= 0.3 is 5.97 Å². The molecule has 96 valence electrons. The Morgan fingerprint density at radius 3 is 2.72 bits per heavy atom. The molecule has 0 fully saturated rings. The van der Waals surface area contributed by atoms with Gasteiger partial charge in [-0.3, -0.25) is 0 Å². The molecule has 0 aliphatic heterocycles. The fourth-order valence-corrected chi connectivity index (χ4v) is 1.60. The summed E-state index contributed by atoms with van der Waals surface area (Å²) in [4.78, 5) is 11.7. The van der Waals surface area contributed by atoms with Crippen LogP contribution in [0.15, 0.2) is 24.3 Å². The van der Waals surface area contributed by atoms with Gasteiger partial charge in [0.2, 0.25) is 0 Å². The van der Waals surface area contributed by atoms with Crippen LogP contribution >= 0.6 is 0 Å². The van der Waals surface area contributed by atoms with Gasteiger partial charge < -0.3 is 4.74 Å². The van der Waals surface area contributed by atoms with Gasteiger partial charge in [0.05, 0.1) is 12.2 Å². The van der Waals surface area contributed by atoms with E-state index in [1.807, 2.05) is 18.2 Å². The monoisotopic (exact) mass is 244 g/mol. The predicted molar refractivity (Wildman–Crippen MR) is 73.4 cm³/mol. The van der Waals surface area contributed by atoms with Gasteiger partial charge in [0.25, 0.3) is 0 Å². The first-order chi connectivity index (χ1) is 8.79. The van der Waals surface area contributed by atoms with E-state index in [9.17, 15) is 4.79 Å². The summed E-state index contributed by atoms with van der Waals surface area (Å²) in [7, 11) is 0. The Morgan fingerprint density at radius 1 is 1.22 bits per heavy atom. The van der Waals surface area contributed by atoms with E-state index in [0.717, 1.165) is 18.4 Å². The maximum Gasteiger partial charge on any atom is 0.339 e. The molecule has 0 aromatic heterocycles. The summed E-state index contributed by atoms with van der Waals surface area (Å²) in [6, 6.07) is 7.33. The van der Waals surface area contributed by atoms with E-state index in [4.69, 9.17) is 4.74 Å². The minimum atomic E-state index is -0.295. The molecule has 0 unspecified atom stereocenters. The van der Waals surface area contributed by atoms with Gasteiger partial charge in [-0.1, -0.05) is 43.7 Å². The van der Waals surface area contributed by atoms with Crippen molar-refractivity contribution in [2.45, 2.75) is 39.5 Å². The summed E-state index contributed by atoms with van der Waals surface area (Å²) in [5, 5.41) is 0. The fourth-order valence-electron chi connectivity index (χ4n) is 1.60. The minimum Gasteiger partial charge on any atom is -0.462 e. The van der Waals surface area contributed by atoms with Crippen LogP contribution in [0.3, 0.4) is 0 Å². The Morgan fingerprint density at radius 2 is 2.00 bits per heavy atom. The smallest absolute Gasteiger partial charge is 0.339 e. The Balaban J connectivity index is 2.72. The lowest BCUT2D eigenvalue weighted by atomic mass is 10.1. The summed E-state index contributed by atoms with van der Waals surface area (Å²) >= 11 is 0. The number of benzene rings is 1. The molecular formula is C16H20O2. The number of unbranched alkanes of at least 4 members (excludes halogenated alkanes) is 3. The van der Waals surface area contributed by atoms with Crippen molar-refractivity contribution in [2.75, 3.05) is 6.61 Å². The average Bonchev–Trinajstić information content (AvgIpc) is 2.39. The average molecular weight is 244 g/mol. The molecular weight excluding hydrogens is 224 g/mol. The summed E-state index contributed by atoms with van der Waals surface area (Å²) in [5.41, 5.74) is 1.31. The first-order valence-electron chi connectivity index (χ1n) is 6.54. The zero-order chi connectivity index (χ0) is 13.2. The second-order valence-electron chi connectivity index (χ2n) is 4.02. The molecule has 2 nitrogen and oxygen atoms in total. The fraction of sp³-hybridized carbons (Fsp3) is 0.438. The van der Waals surface area contributed by atoms with Crippen LogP contribution in [0.1, 0.15) is 55.5 Å². The second-order valence-corrected chi connectivity index (χ2v) is 4.02. The van der Waals surface area contributed by atoms with Gasteiger partial charge in [-0.15, -0.1) is 0 Å². The van der Waals surface area contributed by atoms with Crippen LogP contribution in [0.25, 0.3) is 0 Å². The van der Waals surface area contributed by atoms with Crippen molar-refractivity contribution in [3.8, 4) is 11.8 Å². The van der Waals surface area contributed by atoms with Crippen molar-refractivity contribution < 1.29 is 9.53 Å². The van der Waals surface area contributed by atoms with Crippen molar-refractivity contribution in [3.63, 3.8) is 0 Å². The third kappa shape index (κ3) is 4.63. The number of carbonyl (C=O) groups excluding carboxylic acids is 1. The van der Waals surface area contributed by atoms with E-state index in [2.05, 4.69) is 18.8 Å². The largest absolute Gasteiger partial charge is 0.462 e. The number of hydrogen-bond donors (Lipinski definition) is 0. The van der Waals surface area contributed by atoms with Crippen LogP contribution < -0.4 is 0 Å². The van der Waals surface area contributed by atoms with Crippen LogP contribution in [0.2, 0.25) is 0 Å². The molecule has 0 spiro atoms. The van der Waals surface area contributed by atoms with Crippen LogP contribution in [-0.2, 0) is 4.74 Å². The highest BCUT2D eigenvalue weighted by Gasteiger charge is 2.09. The van der Waals surface area contributed by atoms with Crippen LogP contribution in [0, 0.1) is 11.8 Å². The Labute approximate surface area is 109 Å². The van der Waals surface area contributed by atoms with E-state index in [1.54, 1.807) is 13.0 Å². The second kappa shape index (κ2) is 8.36. The summed E-state index contributed by atoms with van der Waals surface area (Å²) in [6.07, 6.45) is 4.39. The molecule has 0 heterocycles. The molecule has 0 saturated carbocycles. The Bertz CT molecular complexity index is 438. The van der Waals surface area contributed by atoms with E-state index >= 15 is 0 Å². The summed E-state index contributed by atoms with van der Waals surface area (Å²) < 4.78 is 5.01. The standard InChI is InChI=1S/C16H20O2/c1-3-5-6-7-8-11-14-12-9-10-13-15(14)16(17)18-4-2/h9-10,12-13H,3-7H2,1-2H3. The van der Waals surface area contributed by atoms with Crippen molar-refractivity contribution in [1.82, 2.24) is 0 Å². The normalized spacial score (nSPS) is 9.44. The van der Waals surface area contributed by atoms with Crippen LogP contribution in [0.4, 0.5) is 0 Å². The molecule has 0 aliphatic carbocycles. The van der Waals surface area contributed by atoms with Crippen molar-refractivity contribution in [2.24, 2.45) is 0 Å². The highest BCUT2D eigenvalue weighted by Crippen LogP contribution is 2.09. The molecule has 0 bridgehead atoms. The van der Waals surface area contributed by atoms with Crippen LogP contribution in [0.5, 0.6) is 0 Å². The quantitative estimate of drug-likeness (QED) is 0.447. The van der Waals surface area contributed by atoms with Crippen molar-refractivity contribution in [1.29, 1.82) is 0 Å². The van der Waals surface area contributed by atoms with E-state index < -0.39 is 0 Å². The van der Waals surface area contributed by atoms with Gasteiger partial charge in [-0.05, 0) is 25.5 Å². The third-order valence-corrected chi connectivity index (χ3v) is 2.55. The number of carbonyl (C=O) groups is 1. The predicted octanol–water partition coefficient (Wildman–Crippen LogP) is 3.80. The lowest BCUT2D eigenvalue weighted by Gasteiger charge is -2.03. The lowest BCUT2D eigenvalue weighted by molar-refractivity contribution is 0.0526. The molecule has 2 heteroatoms. The Hall–Kier alpha value is -1.75. The van der Waals surface area contributed by atoms with E-state index in [-0.39, 0.29) is 5.97 Å². The zero-order valence-corrected chi connectivity index (χ0v) is 11.2. The molecule has 1 aromatic carbocycles. The maximum absolute atomic E-state index is 11.7. The van der Waals surface area contributed by atoms with Crippen LogP contribution in [-0.4, -0.2) is 12.6 Å². The van der Waals surface area contributed by atoms with Crippen molar-refractivity contribution >= 4 is 5.97 Å². The number of ether oxygens (including phenoxy) is 1. The first kappa shape index (κ1) is 14.3. The van der Waals surface area contributed by atoms with Gasteiger partial charge in [-0.25, -0.2) is 4.79 Å². The maximum atomic E-state index is 11.7. The molecule has 0 radical (unpaired) electrons. The van der Waals surface area contributed by atoms with Gasteiger partial charge in [0.15, 0.2) is 0 Å². The molecule has 1 rings (SSSR count). The van der Waals surface area contributed by atoms with Gasteiger partial charge in [0.1, 0.15) is 0 Å². The topological polar surface area (TPSA) is 26.3 Å². The van der Waals surface area contributed by atoms with Crippen molar-refractivity contribution in [3.05, 3.63) is 35.4 Å². The van der Waals surface area contributed by atoms with E-state index in [1.165, 1.54) is 12.8 Å². The summed E-state index contributed by atoms with van der Waals surface area (Å²) in [5.74, 6) is 5.88. The van der Waals surface area contributed by atoms with E-state index in [0.29, 0.717) is 12.2 Å². The summed E-state index contributed by atoms with van der Waals surface area (Å²) in [6.45, 7) is 4.36. The number of hydrogen-bond acceptors (Lipinski definition) is 2. The van der Waals surface area contributed by atoms with Gasteiger partial charge in [-0.2, -0.15) is 0 Å². The first-order valence-corrected chi connectivity index (χ1v) is 6.54. The molecule has 0 atom stereocenters. The molecule has 1 aromatic rings. The molecule has 0 aliphatic rings. The lowest BCUT2D eigenvalue weighted by Crippen LogP contribution is -2.06. The highest BCUT2D eigenvalue weighted by molar-refractivity contribution is 5.92.